The molecule has 0 aliphatic rings. The number of nitriles is 1. The fraction of sp³-hybridized carbons (Fsp3) is 0. The Kier molecular flexibility index (Phi) is 4.62. The third-order valence-corrected chi connectivity index (χ3v) is 7.95. The van der Waals surface area contributed by atoms with Crippen LogP contribution in [-0.4, -0.2) is 9.13 Å². The summed E-state index contributed by atoms with van der Waals surface area (Å²) in [7, 11) is 0. The fourth-order valence-corrected chi connectivity index (χ4v) is 6.27. The summed E-state index contributed by atoms with van der Waals surface area (Å²) >= 11 is 0. The lowest BCUT2D eigenvalue weighted by molar-refractivity contribution is 1.13. The van der Waals surface area contributed by atoms with Crippen molar-refractivity contribution in [2.75, 3.05) is 0 Å². The highest BCUT2D eigenvalue weighted by molar-refractivity contribution is 6.19. The van der Waals surface area contributed by atoms with Gasteiger partial charge in [-0.05, 0) is 35.7 Å². The zero-order valence-corrected chi connectivity index (χ0v) is 21.3. The first-order valence-corrected chi connectivity index (χ1v) is 13.1. The van der Waals surface area contributed by atoms with Gasteiger partial charge in [0.1, 0.15) is 0 Å². The molecule has 0 radical (unpaired) electrons. The molecule has 0 saturated heterocycles. The molecule has 6 aromatic carbocycles. The molecular weight excluding hydrogens is 488 g/mol. The van der Waals surface area contributed by atoms with Crippen LogP contribution in [0.4, 0.5) is 5.69 Å². The molecule has 0 atom stereocenters. The smallest absolute Gasteiger partial charge is 0.212 e. The highest BCUT2D eigenvalue weighted by Crippen LogP contribution is 2.41. The van der Waals surface area contributed by atoms with Gasteiger partial charge in [-0.15, -0.1) is 0 Å². The van der Waals surface area contributed by atoms with Crippen molar-refractivity contribution in [3.63, 3.8) is 0 Å². The SMILES string of the molecule is [C-]#[N+]c1cc(C#N)c(-n2c3ccccc3c3ccccc32)cc1-n1c2ccccc2c2ccc3ccccc3c21. The van der Waals surface area contributed by atoms with E-state index in [4.69, 9.17) is 6.57 Å². The van der Waals surface area contributed by atoms with Crippen LogP contribution in [0.5, 0.6) is 0 Å². The average molecular weight is 509 g/mol. The molecule has 4 nitrogen and oxygen atoms in total. The Bertz CT molecular complexity index is 2350. The molecule has 0 spiro atoms. The van der Waals surface area contributed by atoms with E-state index in [2.05, 4.69) is 92.8 Å². The normalized spacial score (nSPS) is 11.4. The summed E-state index contributed by atoms with van der Waals surface area (Å²) in [6.07, 6.45) is 0. The van der Waals surface area contributed by atoms with Gasteiger partial charge in [0.05, 0.1) is 51.6 Å². The van der Waals surface area contributed by atoms with E-state index in [1.165, 1.54) is 0 Å². The van der Waals surface area contributed by atoms with Crippen LogP contribution in [0.3, 0.4) is 0 Å². The Morgan fingerprint density at radius 3 is 1.73 bits per heavy atom. The third kappa shape index (κ3) is 2.93. The van der Waals surface area contributed by atoms with Gasteiger partial charge in [0, 0.05) is 26.9 Å². The lowest BCUT2D eigenvalue weighted by Gasteiger charge is -2.16. The van der Waals surface area contributed by atoms with Gasteiger partial charge in [-0.1, -0.05) is 91.0 Å². The molecule has 2 heterocycles. The van der Waals surface area contributed by atoms with Gasteiger partial charge in [-0.2, -0.15) is 5.26 Å². The largest absolute Gasteiger partial charge is 0.318 e. The van der Waals surface area contributed by atoms with Crippen LogP contribution >= 0.6 is 0 Å². The van der Waals surface area contributed by atoms with Gasteiger partial charge in [0.15, 0.2) is 0 Å². The van der Waals surface area contributed by atoms with E-state index in [-0.39, 0.29) is 0 Å². The van der Waals surface area contributed by atoms with Crippen LogP contribution in [0.15, 0.2) is 121 Å². The first kappa shape index (κ1) is 22.2. The Morgan fingerprint density at radius 1 is 0.550 bits per heavy atom. The Balaban J connectivity index is 1.57. The second-order valence-electron chi connectivity index (χ2n) is 9.99. The summed E-state index contributed by atoms with van der Waals surface area (Å²) in [5.41, 5.74) is 6.55. The van der Waals surface area contributed by atoms with Crippen molar-refractivity contribution in [3.05, 3.63) is 138 Å². The van der Waals surface area contributed by atoms with Crippen LogP contribution in [0.25, 0.3) is 70.6 Å². The number of benzene rings is 6. The van der Waals surface area contributed by atoms with Crippen molar-refractivity contribution in [1.29, 1.82) is 5.26 Å². The van der Waals surface area contributed by atoms with Gasteiger partial charge < -0.3 is 9.13 Å². The fourth-order valence-electron chi connectivity index (χ4n) is 6.27. The van der Waals surface area contributed by atoms with Crippen molar-refractivity contribution >= 4 is 60.1 Å². The number of hydrogen-bond acceptors (Lipinski definition) is 1. The topological polar surface area (TPSA) is 38.0 Å². The molecule has 8 aromatic rings. The van der Waals surface area contributed by atoms with E-state index < -0.39 is 0 Å². The minimum atomic E-state index is 0.441. The average Bonchev–Trinajstić information content (AvgIpc) is 3.54. The van der Waals surface area contributed by atoms with E-state index >= 15 is 0 Å². The minimum Gasteiger partial charge on any atom is -0.318 e. The standard InChI is InChI=1S/C36H20N4/c1-38-30-20-24(22-37)34(39-31-15-7-4-12-26(31)27-13-5-8-16-32(27)39)21-35(30)40-33-17-9-6-14-28(33)29-19-18-23-10-2-3-11-25(23)36(29)40/h2-21H. The molecule has 0 bridgehead atoms. The summed E-state index contributed by atoms with van der Waals surface area (Å²) < 4.78 is 4.37. The molecule has 0 amide bonds. The van der Waals surface area contributed by atoms with Crippen LogP contribution in [0.1, 0.15) is 5.56 Å². The maximum atomic E-state index is 10.3. The van der Waals surface area contributed by atoms with Gasteiger partial charge in [0.25, 0.3) is 0 Å². The third-order valence-electron chi connectivity index (χ3n) is 7.95. The van der Waals surface area contributed by atoms with E-state index in [0.29, 0.717) is 11.3 Å². The van der Waals surface area contributed by atoms with Gasteiger partial charge in [-0.3, -0.25) is 0 Å². The lowest BCUT2D eigenvalue weighted by atomic mass is 10.1. The first-order valence-electron chi connectivity index (χ1n) is 13.1. The van der Waals surface area contributed by atoms with Crippen molar-refractivity contribution in [3.8, 4) is 17.4 Å². The molecule has 0 saturated carbocycles. The highest BCUT2D eigenvalue weighted by atomic mass is 15.0. The van der Waals surface area contributed by atoms with E-state index in [1.807, 2.05) is 42.5 Å². The van der Waals surface area contributed by atoms with Crippen molar-refractivity contribution in [1.82, 2.24) is 9.13 Å². The minimum absolute atomic E-state index is 0.441. The Labute approximate surface area is 230 Å². The summed E-state index contributed by atoms with van der Waals surface area (Å²) in [5.74, 6) is 0. The second-order valence-corrected chi connectivity index (χ2v) is 9.99. The Morgan fingerprint density at radius 2 is 1.10 bits per heavy atom. The first-order chi connectivity index (χ1) is 19.8. The number of nitrogens with zero attached hydrogens (tertiary/aromatic N) is 4. The molecule has 0 fully saturated rings. The van der Waals surface area contributed by atoms with Crippen LogP contribution in [0, 0.1) is 17.9 Å². The molecule has 184 valence electrons. The predicted molar refractivity (Wildman–Crippen MR) is 164 cm³/mol. The molecule has 0 aliphatic carbocycles. The monoisotopic (exact) mass is 508 g/mol. The zero-order chi connectivity index (χ0) is 26.8. The maximum absolute atomic E-state index is 10.3. The number of rotatable bonds is 2. The number of para-hydroxylation sites is 3. The van der Waals surface area contributed by atoms with Crippen LogP contribution < -0.4 is 0 Å². The lowest BCUT2D eigenvalue weighted by Crippen LogP contribution is -2.02. The molecule has 2 aromatic heterocycles. The van der Waals surface area contributed by atoms with Crippen molar-refractivity contribution < 1.29 is 0 Å². The Hall–Kier alpha value is -5.84. The quantitative estimate of drug-likeness (QED) is 0.214. The number of aromatic nitrogens is 2. The van der Waals surface area contributed by atoms with E-state index in [9.17, 15) is 5.26 Å². The summed E-state index contributed by atoms with van der Waals surface area (Å²) in [5, 5.41) is 17.1. The number of fused-ring (bicyclic) bond motifs is 8. The second kappa shape index (κ2) is 8.33. The summed E-state index contributed by atoms with van der Waals surface area (Å²) in [6, 6.07) is 43.7. The predicted octanol–water partition coefficient (Wildman–Crippen LogP) is 9.46. The zero-order valence-electron chi connectivity index (χ0n) is 21.3. The van der Waals surface area contributed by atoms with Gasteiger partial charge in [-0.25, -0.2) is 4.85 Å². The molecule has 0 N–H and O–H groups in total. The molecule has 40 heavy (non-hydrogen) atoms. The summed E-state index contributed by atoms with van der Waals surface area (Å²) in [6.45, 7) is 8.14. The maximum Gasteiger partial charge on any atom is 0.212 e. The number of hydrogen-bond donors (Lipinski definition) is 0. The molecule has 0 aliphatic heterocycles. The summed E-state index contributed by atoms with van der Waals surface area (Å²) in [4.78, 5) is 3.94. The van der Waals surface area contributed by atoms with Crippen molar-refractivity contribution in [2.24, 2.45) is 0 Å². The highest BCUT2D eigenvalue weighted by Gasteiger charge is 2.21. The van der Waals surface area contributed by atoms with Crippen LogP contribution in [0.2, 0.25) is 0 Å². The van der Waals surface area contributed by atoms with E-state index in [0.717, 1.165) is 65.8 Å². The van der Waals surface area contributed by atoms with E-state index in [1.54, 1.807) is 6.07 Å². The molecule has 4 heteroatoms. The van der Waals surface area contributed by atoms with Crippen molar-refractivity contribution in [2.45, 2.75) is 0 Å². The molecular formula is C36H20N4. The molecule has 0 unspecified atom stereocenters. The van der Waals surface area contributed by atoms with Gasteiger partial charge in [0.2, 0.25) is 5.69 Å². The van der Waals surface area contributed by atoms with Gasteiger partial charge >= 0.3 is 0 Å². The van der Waals surface area contributed by atoms with Crippen LogP contribution in [-0.2, 0) is 0 Å². The molecule has 8 rings (SSSR count).